The number of piperidine rings is 1. The summed E-state index contributed by atoms with van der Waals surface area (Å²) < 4.78 is 5.32. The van der Waals surface area contributed by atoms with Crippen LogP contribution in [0, 0.1) is 11.8 Å². The number of hydrogen-bond donors (Lipinski definition) is 1. The lowest BCUT2D eigenvalue weighted by molar-refractivity contribution is 0.124. The number of rotatable bonds is 5. The van der Waals surface area contributed by atoms with Gasteiger partial charge in [-0.15, -0.1) is 11.3 Å². The third kappa shape index (κ3) is 4.54. The Morgan fingerprint density at radius 3 is 3.00 bits per heavy atom. The number of nitrogens with zero attached hydrogens (tertiary/aromatic N) is 3. The molecular weight excluding hydrogens is 332 g/mol. The van der Waals surface area contributed by atoms with Crippen LogP contribution in [0.5, 0.6) is 0 Å². The summed E-state index contributed by atoms with van der Waals surface area (Å²) in [6.45, 7) is 5.16. The fourth-order valence-electron chi connectivity index (χ4n) is 4.33. The predicted molar refractivity (Wildman–Crippen MR) is 105 cm³/mol. The summed E-state index contributed by atoms with van der Waals surface area (Å²) in [4.78, 5) is 10.9. The number of guanidine groups is 1. The molecule has 1 aromatic rings. The molecule has 0 aliphatic carbocycles. The maximum atomic E-state index is 5.32. The number of ether oxygens (including phenoxy) is 1. The molecule has 0 radical (unpaired) electrons. The van der Waals surface area contributed by atoms with E-state index in [1.54, 1.807) is 7.11 Å². The monoisotopic (exact) mass is 364 g/mol. The highest BCUT2D eigenvalue weighted by molar-refractivity contribution is 7.10. The zero-order valence-electron chi connectivity index (χ0n) is 15.8. The van der Waals surface area contributed by atoms with E-state index in [2.05, 4.69) is 44.7 Å². The van der Waals surface area contributed by atoms with E-state index in [4.69, 9.17) is 4.74 Å². The van der Waals surface area contributed by atoms with Crippen molar-refractivity contribution < 1.29 is 4.74 Å². The molecule has 2 fully saturated rings. The summed E-state index contributed by atoms with van der Waals surface area (Å²) in [5.74, 6) is 2.31. The van der Waals surface area contributed by atoms with E-state index in [-0.39, 0.29) is 0 Å². The van der Waals surface area contributed by atoms with E-state index in [9.17, 15) is 0 Å². The Labute approximate surface area is 156 Å². The Balaban J connectivity index is 1.59. The Morgan fingerprint density at radius 1 is 1.40 bits per heavy atom. The van der Waals surface area contributed by atoms with E-state index in [0.29, 0.717) is 17.9 Å². The SMILES string of the molecule is CN=C(NCC1CCCN(C)C1c1cccs1)N1CCC(COC)C1. The van der Waals surface area contributed by atoms with Crippen LogP contribution in [0.4, 0.5) is 0 Å². The Hall–Kier alpha value is -1.11. The summed E-state index contributed by atoms with van der Waals surface area (Å²) in [6, 6.07) is 4.99. The molecule has 2 aliphatic rings. The van der Waals surface area contributed by atoms with Gasteiger partial charge in [0, 0.05) is 50.6 Å². The second-order valence-corrected chi connectivity index (χ2v) is 8.31. The first-order valence-corrected chi connectivity index (χ1v) is 10.3. The Kier molecular flexibility index (Phi) is 6.73. The molecule has 25 heavy (non-hydrogen) atoms. The highest BCUT2D eigenvalue weighted by Gasteiger charge is 2.32. The molecule has 3 unspecified atom stereocenters. The van der Waals surface area contributed by atoms with Gasteiger partial charge in [-0.25, -0.2) is 0 Å². The van der Waals surface area contributed by atoms with Gasteiger partial charge in [-0.3, -0.25) is 9.89 Å². The molecule has 3 heterocycles. The lowest BCUT2D eigenvalue weighted by atomic mass is 9.88. The summed E-state index contributed by atoms with van der Waals surface area (Å²) in [7, 11) is 5.96. The number of thiophene rings is 1. The van der Waals surface area contributed by atoms with E-state index in [0.717, 1.165) is 32.2 Å². The highest BCUT2D eigenvalue weighted by atomic mass is 32.1. The van der Waals surface area contributed by atoms with Gasteiger partial charge in [-0.1, -0.05) is 6.07 Å². The van der Waals surface area contributed by atoms with Gasteiger partial charge in [0.15, 0.2) is 5.96 Å². The second-order valence-electron chi connectivity index (χ2n) is 7.33. The number of methoxy groups -OCH3 is 1. The molecule has 0 bridgehead atoms. The van der Waals surface area contributed by atoms with Crippen LogP contribution >= 0.6 is 11.3 Å². The van der Waals surface area contributed by atoms with Crippen molar-refractivity contribution in [3.63, 3.8) is 0 Å². The van der Waals surface area contributed by atoms with E-state index in [1.165, 1.54) is 30.7 Å². The predicted octanol–water partition coefficient (Wildman–Crippen LogP) is 2.67. The Morgan fingerprint density at radius 2 is 2.28 bits per heavy atom. The van der Waals surface area contributed by atoms with Gasteiger partial charge >= 0.3 is 0 Å². The number of hydrogen-bond acceptors (Lipinski definition) is 4. The van der Waals surface area contributed by atoms with Crippen molar-refractivity contribution >= 4 is 17.3 Å². The molecule has 2 saturated heterocycles. The van der Waals surface area contributed by atoms with Crippen LogP contribution in [-0.4, -0.2) is 69.8 Å². The average molecular weight is 365 g/mol. The van der Waals surface area contributed by atoms with Crippen molar-refractivity contribution in [2.24, 2.45) is 16.8 Å². The van der Waals surface area contributed by atoms with Gasteiger partial charge in [0.25, 0.3) is 0 Å². The smallest absolute Gasteiger partial charge is 0.193 e. The van der Waals surface area contributed by atoms with Gasteiger partial charge in [0.05, 0.1) is 6.61 Å². The first-order valence-electron chi connectivity index (χ1n) is 9.41. The molecule has 5 nitrogen and oxygen atoms in total. The van der Waals surface area contributed by atoms with Crippen LogP contribution in [0.1, 0.15) is 30.2 Å². The number of aliphatic imine (C=N–C) groups is 1. The molecule has 3 rings (SSSR count). The van der Waals surface area contributed by atoms with Gasteiger partial charge in [-0.05, 0) is 50.2 Å². The van der Waals surface area contributed by atoms with E-state index in [1.807, 2.05) is 18.4 Å². The third-order valence-corrected chi connectivity index (χ3v) is 6.51. The summed E-state index contributed by atoms with van der Waals surface area (Å²) in [5.41, 5.74) is 0. The van der Waals surface area contributed by atoms with E-state index >= 15 is 0 Å². The van der Waals surface area contributed by atoms with Crippen LogP contribution in [0.15, 0.2) is 22.5 Å². The maximum Gasteiger partial charge on any atom is 0.193 e. The quantitative estimate of drug-likeness (QED) is 0.644. The van der Waals surface area contributed by atoms with Gasteiger partial charge in [0.2, 0.25) is 0 Å². The second kappa shape index (κ2) is 9.01. The molecule has 0 amide bonds. The molecule has 0 saturated carbocycles. The number of nitrogens with one attached hydrogen (secondary N) is 1. The first-order chi connectivity index (χ1) is 12.2. The first kappa shape index (κ1) is 18.7. The molecule has 140 valence electrons. The van der Waals surface area contributed by atoms with Crippen LogP contribution in [0.3, 0.4) is 0 Å². The van der Waals surface area contributed by atoms with Gasteiger partial charge < -0.3 is 15.0 Å². The Bertz CT molecular complexity index is 548. The lowest BCUT2D eigenvalue weighted by Crippen LogP contribution is -2.46. The zero-order valence-corrected chi connectivity index (χ0v) is 16.6. The third-order valence-electron chi connectivity index (χ3n) is 5.56. The highest BCUT2D eigenvalue weighted by Crippen LogP contribution is 2.36. The minimum atomic E-state index is 0.527. The molecule has 6 heteroatoms. The van der Waals surface area contributed by atoms with Crippen molar-refractivity contribution in [2.45, 2.75) is 25.3 Å². The maximum absolute atomic E-state index is 5.32. The van der Waals surface area contributed by atoms with Crippen molar-refractivity contribution in [3.8, 4) is 0 Å². The summed E-state index contributed by atoms with van der Waals surface area (Å²) >= 11 is 1.88. The topological polar surface area (TPSA) is 40.1 Å². The molecule has 0 aromatic carbocycles. The molecule has 1 aromatic heterocycles. The van der Waals surface area contributed by atoms with Crippen LogP contribution in [0.25, 0.3) is 0 Å². The summed E-state index contributed by atoms with van der Waals surface area (Å²) in [5, 5.41) is 5.87. The minimum Gasteiger partial charge on any atom is -0.384 e. The van der Waals surface area contributed by atoms with Crippen molar-refractivity contribution in [3.05, 3.63) is 22.4 Å². The fourth-order valence-corrected chi connectivity index (χ4v) is 5.32. The van der Waals surface area contributed by atoms with Crippen molar-refractivity contribution in [2.75, 3.05) is 54.0 Å². The molecule has 0 spiro atoms. The van der Waals surface area contributed by atoms with Gasteiger partial charge in [0.1, 0.15) is 0 Å². The van der Waals surface area contributed by atoms with Gasteiger partial charge in [-0.2, -0.15) is 0 Å². The zero-order chi connectivity index (χ0) is 17.6. The minimum absolute atomic E-state index is 0.527. The van der Waals surface area contributed by atoms with E-state index < -0.39 is 0 Å². The fraction of sp³-hybridized carbons (Fsp3) is 0.737. The standard InChI is InChI=1S/C19H32N4OS/c1-20-19(23-10-8-15(13-23)14-24-3)21-12-16-6-4-9-22(2)18(16)17-7-5-11-25-17/h5,7,11,15-16,18H,4,6,8-10,12-14H2,1-3H3,(H,20,21). The van der Waals surface area contributed by atoms with Crippen LogP contribution in [0.2, 0.25) is 0 Å². The molecule has 2 aliphatic heterocycles. The average Bonchev–Trinajstić information content (AvgIpc) is 3.28. The number of likely N-dealkylation sites (tertiary alicyclic amines) is 2. The largest absolute Gasteiger partial charge is 0.384 e. The molecule has 1 N–H and O–H groups in total. The van der Waals surface area contributed by atoms with Crippen molar-refractivity contribution in [1.82, 2.24) is 15.1 Å². The van der Waals surface area contributed by atoms with Crippen molar-refractivity contribution in [1.29, 1.82) is 0 Å². The normalized spacial score (nSPS) is 28.5. The van der Waals surface area contributed by atoms with Crippen LogP contribution < -0.4 is 5.32 Å². The van der Waals surface area contributed by atoms with Crippen LogP contribution in [-0.2, 0) is 4.74 Å². The molecular formula is C19H32N4OS. The molecule has 3 atom stereocenters. The summed E-state index contributed by atoms with van der Waals surface area (Å²) in [6.07, 6.45) is 3.75. The lowest BCUT2D eigenvalue weighted by Gasteiger charge is -2.39.